The molecule has 3 rings (SSSR count). The summed E-state index contributed by atoms with van der Waals surface area (Å²) in [4.78, 5) is 18.7. The van der Waals surface area contributed by atoms with Gasteiger partial charge in [0, 0.05) is 32.3 Å². The van der Waals surface area contributed by atoms with E-state index >= 15 is 0 Å². The minimum absolute atomic E-state index is 0.299. The Morgan fingerprint density at radius 2 is 2.17 bits per heavy atom. The maximum Gasteiger partial charge on any atom is 0.262 e. The van der Waals surface area contributed by atoms with E-state index in [0.29, 0.717) is 6.54 Å². The first-order chi connectivity index (χ1) is 11.4. The van der Waals surface area contributed by atoms with Crippen LogP contribution >= 0.6 is 0 Å². The molecule has 2 aliphatic heterocycles. The third-order valence-corrected chi connectivity index (χ3v) is 4.81. The lowest BCUT2D eigenvalue weighted by Crippen LogP contribution is -2.40. The highest BCUT2D eigenvalue weighted by atomic mass is 19.3. The number of halogens is 2. The lowest BCUT2D eigenvalue weighted by molar-refractivity contribution is -0.123. The molecule has 24 heavy (non-hydrogen) atoms. The minimum Gasteiger partial charge on any atom is -0.357 e. The molecule has 1 unspecified atom stereocenters. The summed E-state index contributed by atoms with van der Waals surface area (Å²) >= 11 is 0. The number of carbonyl (C=O) groups excluding carboxylic acids is 1. The van der Waals surface area contributed by atoms with Gasteiger partial charge >= 0.3 is 0 Å². The standard InChI is InChI=1S/C17H24F2N4O/c1-12-4-6-23(7-5-12)15-3-2-13(9-20-15)10-21-16(24)14-8-17(18,19)11-22-14/h2-3,9,12,14,22H,4-8,10-11H2,1H3,(H,21,24). The van der Waals surface area contributed by atoms with E-state index in [1.165, 1.54) is 12.8 Å². The molecule has 0 saturated carbocycles. The van der Waals surface area contributed by atoms with Gasteiger partial charge in [0.05, 0.1) is 12.6 Å². The van der Waals surface area contributed by atoms with Crippen LogP contribution in [0.1, 0.15) is 31.7 Å². The fraction of sp³-hybridized carbons (Fsp3) is 0.647. The molecule has 0 aromatic carbocycles. The Morgan fingerprint density at radius 3 is 2.75 bits per heavy atom. The number of piperidine rings is 1. The smallest absolute Gasteiger partial charge is 0.262 e. The molecule has 1 amide bonds. The van der Waals surface area contributed by atoms with Crippen molar-refractivity contribution in [3.63, 3.8) is 0 Å². The molecule has 1 aromatic heterocycles. The normalized spacial score (nSPS) is 24.1. The number of alkyl halides is 2. The largest absolute Gasteiger partial charge is 0.357 e. The van der Waals surface area contributed by atoms with E-state index < -0.39 is 24.9 Å². The van der Waals surface area contributed by atoms with Gasteiger partial charge in [-0.3, -0.25) is 10.1 Å². The number of rotatable bonds is 4. The highest BCUT2D eigenvalue weighted by Gasteiger charge is 2.42. The van der Waals surface area contributed by atoms with Crippen LogP contribution in [0.3, 0.4) is 0 Å². The molecule has 0 radical (unpaired) electrons. The van der Waals surface area contributed by atoms with Crippen molar-refractivity contribution >= 4 is 11.7 Å². The summed E-state index contributed by atoms with van der Waals surface area (Å²) in [6, 6.07) is 3.07. The quantitative estimate of drug-likeness (QED) is 0.881. The molecule has 2 saturated heterocycles. The molecule has 1 aromatic rings. The number of hydrogen-bond acceptors (Lipinski definition) is 4. The average molecular weight is 338 g/mol. The van der Waals surface area contributed by atoms with Crippen LogP contribution in [0.5, 0.6) is 0 Å². The first-order valence-electron chi connectivity index (χ1n) is 8.52. The average Bonchev–Trinajstić information content (AvgIpc) is 2.94. The number of nitrogens with zero attached hydrogens (tertiary/aromatic N) is 2. The van der Waals surface area contributed by atoms with E-state index in [9.17, 15) is 13.6 Å². The van der Waals surface area contributed by atoms with Crippen LogP contribution < -0.4 is 15.5 Å². The summed E-state index contributed by atoms with van der Waals surface area (Å²) in [5, 5.41) is 5.25. The van der Waals surface area contributed by atoms with Crippen molar-refractivity contribution in [1.29, 1.82) is 0 Å². The zero-order valence-corrected chi connectivity index (χ0v) is 13.9. The van der Waals surface area contributed by atoms with E-state index in [2.05, 4.69) is 27.4 Å². The SMILES string of the molecule is CC1CCN(c2ccc(CNC(=O)C3CC(F)(F)CN3)cn2)CC1. The van der Waals surface area contributed by atoms with Crippen LogP contribution in [0.4, 0.5) is 14.6 Å². The van der Waals surface area contributed by atoms with Gasteiger partial charge in [0.25, 0.3) is 5.92 Å². The molecule has 2 aliphatic rings. The first-order valence-corrected chi connectivity index (χ1v) is 8.52. The fourth-order valence-corrected chi connectivity index (χ4v) is 3.16. The Bertz CT molecular complexity index is 570. The molecule has 2 fully saturated rings. The van der Waals surface area contributed by atoms with E-state index in [1.54, 1.807) is 6.20 Å². The lowest BCUT2D eigenvalue weighted by Gasteiger charge is -2.31. The van der Waals surface area contributed by atoms with Crippen LogP contribution in [0.25, 0.3) is 0 Å². The van der Waals surface area contributed by atoms with Gasteiger partial charge in [-0.15, -0.1) is 0 Å². The van der Waals surface area contributed by atoms with Crippen molar-refractivity contribution < 1.29 is 13.6 Å². The van der Waals surface area contributed by atoms with Gasteiger partial charge in [-0.1, -0.05) is 13.0 Å². The summed E-state index contributed by atoms with van der Waals surface area (Å²) < 4.78 is 26.2. The Morgan fingerprint density at radius 1 is 1.42 bits per heavy atom. The number of hydrogen-bond donors (Lipinski definition) is 2. The molecular weight excluding hydrogens is 314 g/mol. The van der Waals surface area contributed by atoms with Crippen LogP contribution in [0.2, 0.25) is 0 Å². The molecular formula is C17H24F2N4O. The Balaban J connectivity index is 1.49. The number of anilines is 1. The van der Waals surface area contributed by atoms with Crippen molar-refractivity contribution in [2.45, 2.75) is 44.7 Å². The van der Waals surface area contributed by atoms with E-state index in [-0.39, 0.29) is 5.91 Å². The molecule has 7 heteroatoms. The number of aromatic nitrogens is 1. The molecule has 5 nitrogen and oxygen atoms in total. The molecule has 1 atom stereocenters. The van der Waals surface area contributed by atoms with Gasteiger partial charge in [0.2, 0.25) is 5.91 Å². The highest BCUT2D eigenvalue weighted by molar-refractivity contribution is 5.82. The Hall–Kier alpha value is -1.76. The Kier molecular flexibility index (Phi) is 4.99. The summed E-state index contributed by atoms with van der Waals surface area (Å²) in [6.45, 7) is 4.17. The minimum atomic E-state index is -2.79. The second-order valence-corrected chi connectivity index (χ2v) is 6.91. The van der Waals surface area contributed by atoms with Crippen molar-refractivity contribution in [2.75, 3.05) is 24.5 Å². The summed E-state index contributed by atoms with van der Waals surface area (Å²) in [6.07, 6.45) is 3.66. The molecule has 0 spiro atoms. The number of nitrogens with one attached hydrogen (secondary N) is 2. The summed E-state index contributed by atoms with van der Waals surface area (Å²) in [5.74, 6) is -1.46. The number of amides is 1. The predicted octanol–water partition coefficient (Wildman–Crippen LogP) is 1.93. The molecule has 0 aliphatic carbocycles. The van der Waals surface area contributed by atoms with Crippen molar-refractivity contribution in [3.05, 3.63) is 23.9 Å². The van der Waals surface area contributed by atoms with Crippen LogP contribution in [0.15, 0.2) is 18.3 Å². The van der Waals surface area contributed by atoms with Gasteiger partial charge in [0.15, 0.2) is 0 Å². The second-order valence-electron chi connectivity index (χ2n) is 6.91. The highest BCUT2D eigenvalue weighted by Crippen LogP contribution is 2.25. The van der Waals surface area contributed by atoms with Crippen molar-refractivity contribution in [2.24, 2.45) is 5.92 Å². The third-order valence-electron chi connectivity index (χ3n) is 4.81. The van der Waals surface area contributed by atoms with Crippen LogP contribution in [-0.4, -0.2) is 42.5 Å². The van der Waals surface area contributed by atoms with Crippen molar-refractivity contribution in [3.8, 4) is 0 Å². The van der Waals surface area contributed by atoms with Gasteiger partial charge in [-0.2, -0.15) is 0 Å². The Labute approximate surface area is 140 Å². The maximum atomic E-state index is 13.1. The topological polar surface area (TPSA) is 57.3 Å². The predicted molar refractivity (Wildman–Crippen MR) is 88.0 cm³/mol. The van der Waals surface area contributed by atoms with Gasteiger partial charge < -0.3 is 10.2 Å². The number of carbonyl (C=O) groups is 1. The summed E-state index contributed by atoms with van der Waals surface area (Å²) in [5.41, 5.74) is 0.863. The molecule has 132 valence electrons. The molecule has 0 bridgehead atoms. The van der Waals surface area contributed by atoms with Crippen molar-refractivity contribution in [1.82, 2.24) is 15.6 Å². The van der Waals surface area contributed by atoms with Gasteiger partial charge in [-0.05, 0) is 30.4 Å². The third kappa shape index (κ3) is 4.20. The monoisotopic (exact) mass is 338 g/mol. The van der Waals surface area contributed by atoms with E-state index in [1.807, 2.05) is 12.1 Å². The summed E-state index contributed by atoms with van der Waals surface area (Å²) in [7, 11) is 0. The van der Waals surface area contributed by atoms with Crippen LogP contribution in [-0.2, 0) is 11.3 Å². The fourth-order valence-electron chi connectivity index (χ4n) is 3.16. The maximum absolute atomic E-state index is 13.1. The first kappa shape index (κ1) is 17.1. The zero-order chi connectivity index (χ0) is 17.2. The van der Waals surface area contributed by atoms with E-state index in [4.69, 9.17) is 0 Å². The van der Waals surface area contributed by atoms with E-state index in [0.717, 1.165) is 30.4 Å². The number of pyridine rings is 1. The van der Waals surface area contributed by atoms with Gasteiger partial charge in [-0.25, -0.2) is 13.8 Å². The van der Waals surface area contributed by atoms with Crippen LogP contribution in [0, 0.1) is 5.92 Å². The van der Waals surface area contributed by atoms with Gasteiger partial charge in [0.1, 0.15) is 5.82 Å². The second kappa shape index (κ2) is 7.01. The molecule has 3 heterocycles. The molecule has 2 N–H and O–H groups in total. The lowest BCUT2D eigenvalue weighted by atomic mass is 9.99. The zero-order valence-electron chi connectivity index (χ0n) is 13.9.